The molecule has 0 saturated carbocycles. The molecule has 1 fully saturated rings. The molecule has 2 amide bonds. The van der Waals surface area contributed by atoms with Crippen LogP contribution in [-0.2, 0) is 16.0 Å². The van der Waals surface area contributed by atoms with Crippen LogP contribution < -0.4 is 5.32 Å². The number of nitrogens with one attached hydrogen (secondary N) is 2. The number of aromatic nitrogens is 3. The number of thiazole rings is 1. The minimum Gasteiger partial charge on any atom is -0.444 e. The third-order valence-electron chi connectivity index (χ3n) is 6.66. The molecule has 3 N–H and O–H groups in total. The summed E-state index contributed by atoms with van der Waals surface area (Å²) in [6, 6.07) is 7.13. The van der Waals surface area contributed by atoms with Gasteiger partial charge in [0.25, 0.3) is 0 Å². The molecule has 210 valence electrons. The number of alkyl carbamates (subject to hydrolysis) is 1. The number of imidazole rings is 1. The molecule has 1 aliphatic heterocycles. The fourth-order valence-corrected chi connectivity index (χ4v) is 5.58. The number of aliphatic hydroxyl groups is 1. The first-order valence-electron chi connectivity index (χ1n) is 13.2. The summed E-state index contributed by atoms with van der Waals surface area (Å²) in [5, 5.41) is 13.3. The second-order valence-electron chi connectivity index (χ2n) is 12.3. The van der Waals surface area contributed by atoms with Crippen LogP contribution in [0.25, 0.3) is 10.4 Å². The maximum Gasteiger partial charge on any atom is 0.408 e. The zero-order valence-electron chi connectivity index (χ0n) is 23.7. The Hall–Kier alpha value is -3.24. The van der Waals surface area contributed by atoms with E-state index in [1.165, 1.54) is 4.88 Å². The fourth-order valence-electron chi connectivity index (χ4n) is 4.77. The fraction of sp³-hybridized carbons (Fsp3) is 0.517. The van der Waals surface area contributed by atoms with Gasteiger partial charge in [-0.1, -0.05) is 45.0 Å². The number of rotatable bonds is 6. The summed E-state index contributed by atoms with van der Waals surface area (Å²) < 4.78 is 5.41. The van der Waals surface area contributed by atoms with Crippen molar-refractivity contribution in [2.45, 2.75) is 85.1 Å². The Morgan fingerprint density at radius 1 is 1.18 bits per heavy atom. The number of hydrogen-bond acceptors (Lipinski definition) is 7. The number of carbonyl (C=O) groups is 2. The Balaban J connectivity index is 1.49. The van der Waals surface area contributed by atoms with Gasteiger partial charge in [-0.3, -0.25) is 4.79 Å². The molecule has 0 bridgehead atoms. The highest BCUT2D eigenvalue weighted by molar-refractivity contribution is 7.13. The van der Waals surface area contributed by atoms with Crippen molar-refractivity contribution in [2.24, 2.45) is 5.41 Å². The molecule has 10 heteroatoms. The van der Waals surface area contributed by atoms with E-state index in [4.69, 9.17) is 4.74 Å². The summed E-state index contributed by atoms with van der Waals surface area (Å²) in [5.41, 5.74) is 4.81. The van der Waals surface area contributed by atoms with Crippen LogP contribution in [0.4, 0.5) is 4.79 Å². The maximum atomic E-state index is 13.8. The molecule has 1 aliphatic rings. The Kier molecular flexibility index (Phi) is 8.18. The van der Waals surface area contributed by atoms with E-state index in [0.29, 0.717) is 18.7 Å². The lowest BCUT2D eigenvalue weighted by molar-refractivity contribution is -0.137. The number of β-amino-alcohol motifs (C(OH)–C–C–N with tert-alkyl or cyclic N) is 1. The first-order chi connectivity index (χ1) is 18.2. The lowest BCUT2D eigenvalue weighted by Gasteiger charge is -2.35. The molecule has 3 aromatic rings. The SMILES string of the molecule is Cc1ncsc1-c1ccc(Cc2cnc([C@@H]3C[C@@H](O)CN3C(=O)C(NC(=O)OC(C)(C)C)C(C)(C)C)[nH]2)cc1. The molecule has 1 saturated heterocycles. The zero-order valence-corrected chi connectivity index (χ0v) is 24.6. The maximum absolute atomic E-state index is 13.8. The van der Waals surface area contributed by atoms with Crippen molar-refractivity contribution in [1.29, 1.82) is 0 Å². The van der Waals surface area contributed by atoms with Crippen LogP contribution in [0.5, 0.6) is 0 Å². The van der Waals surface area contributed by atoms with Gasteiger partial charge in [0.1, 0.15) is 17.5 Å². The number of benzene rings is 1. The molecule has 1 unspecified atom stereocenters. The Bertz CT molecular complexity index is 1300. The topological polar surface area (TPSA) is 120 Å². The highest BCUT2D eigenvalue weighted by Gasteiger charge is 2.43. The van der Waals surface area contributed by atoms with Gasteiger partial charge < -0.3 is 25.0 Å². The standard InChI is InChI=1S/C29H39N5O4S/c1-17-23(39-16-31-17)19-10-8-18(9-11-19)12-20-14-30-25(32-20)22-13-21(35)15-34(22)26(36)24(28(2,3)4)33-27(37)38-29(5,6)7/h8-11,14,16,21-22,24,35H,12-13,15H2,1-7H3,(H,30,32)(H,33,37)/t21-,22+,24?/m1/s1. The largest absolute Gasteiger partial charge is 0.444 e. The summed E-state index contributed by atoms with van der Waals surface area (Å²) in [4.78, 5) is 41.4. The van der Waals surface area contributed by atoms with Crippen molar-refractivity contribution in [2.75, 3.05) is 6.54 Å². The highest BCUT2D eigenvalue weighted by Crippen LogP contribution is 2.34. The molecule has 0 spiro atoms. The number of aliphatic hydroxyl groups excluding tert-OH is 1. The monoisotopic (exact) mass is 553 g/mol. The number of aromatic amines is 1. The van der Waals surface area contributed by atoms with Gasteiger partial charge in [-0.25, -0.2) is 14.8 Å². The van der Waals surface area contributed by atoms with E-state index in [9.17, 15) is 14.7 Å². The zero-order chi connectivity index (χ0) is 28.5. The van der Waals surface area contributed by atoms with E-state index in [1.807, 2.05) is 33.2 Å². The number of hydrogen-bond donors (Lipinski definition) is 3. The molecular weight excluding hydrogens is 514 g/mol. The van der Waals surface area contributed by atoms with E-state index in [-0.39, 0.29) is 12.5 Å². The van der Waals surface area contributed by atoms with E-state index >= 15 is 0 Å². The number of ether oxygens (including phenoxy) is 1. The van der Waals surface area contributed by atoms with Crippen LogP contribution in [0.1, 0.15) is 76.8 Å². The van der Waals surface area contributed by atoms with Crippen LogP contribution in [0.3, 0.4) is 0 Å². The molecule has 39 heavy (non-hydrogen) atoms. The Morgan fingerprint density at radius 2 is 1.87 bits per heavy atom. The predicted molar refractivity (Wildman–Crippen MR) is 151 cm³/mol. The highest BCUT2D eigenvalue weighted by atomic mass is 32.1. The number of likely N-dealkylation sites (tertiary alicyclic amines) is 1. The molecule has 0 radical (unpaired) electrons. The normalized spacial score (nSPS) is 18.7. The summed E-state index contributed by atoms with van der Waals surface area (Å²) in [6.07, 6.45) is 1.47. The third kappa shape index (κ3) is 7.05. The van der Waals surface area contributed by atoms with Crippen molar-refractivity contribution < 1.29 is 19.4 Å². The molecule has 3 atom stereocenters. The van der Waals surface area contributed by atoms with Crippen LogP contribution in [0, 0.1) is 12.3 Å². The summed E-state index contributed by atoms with van der Waals surface area (Å²) >= 11 is 1.63. The predicted octanol–water partition coefficient (Wildman–Crippen LogP) is 5.01. The van der Waals surface area contributed by atoms with Gasteiger partial charge >= 0.3 is 6.09 Å². The average molecular weight is 554 g/mol. The second-order valence-corrected chi connectivity index (χ2v) is 13.1. The van der Waals surface area contributed by atoms with Gasteiger partial charge in [-0.05, 0) is 44.2 Å². The quantitative estimate of drug-likeness (QED) is 0.395. The summed E-state index contributed by atoms with van der Waals surface area (Å²) in [6.45, 7) is 13.2. The van der Waals surface area contributed by atoms with Crippen molar-refractivity contribution >= 4 is 23.3 Å². The van der Waals surface area contributed by atoms with Gasteiger partial charge in [0.05, 0.1) is 28.2 Å². The molecule has 1 aromatic carbocycles. The number of nitrogens with zero attached hydrogens (tertiary/aromatic N) is 3. The third-order valence-corrected chi connectivity index (χ3v) is 7.63. The number of carbonyl (C=O) groups excluding carboxylic acids is 2. The van der Waals surface area contributed by atoms with Crippen molar-refractivity contribution in [3.8, 4) is 10.4 Å². The number of aryl methyl sites for hydroxylation is 1. The van der Waals surface area contributed by atoms with Gasteiger partial charge in [-0.15, -0.1) is 11.3 Å². The minimum atomic E-state index is -0.838. The van der Waals surface area contributed by atoms with Crippen molar-refractivity contribution in [1.82, 2.24) is 25.2 Å². The van der Waals surface area contributed by atoms with Crippen LogP contribution in [-0.4, -0.2) is 61.3 Å². The minimum absolute atomic E-state index is 0.167. The molecule has 4 rings (SSSR count). The first-order valence-corrected chi connectivity index (χ1v) is 14.1. The van der Waals surface area contributed by atoms with Gasteiger partial charge in [-0.2, -0.15) is 0 Å². The Labute approximate surface area is 234 Å². The van der Waals surface area contributed by atoms with E-state index in [0.717, 1.165) is 22.5 Å². The van der Waals surface area contributed by atoms with Crippen LogP contribution in [0.2, 0.25) is 0 Å². The van der Waals surface area contributed by atoms with E-state index in [2.05, 4.69) is 44.5 Å². The van der Waals surface area contributed by atoms with Crippen molar-refractivity contribution in [3.05, 3.63) is 58.7 Å². The van der Waals surface area contributed by atoms with Gasteiger partial charge in [0.15, 0.2) is 0 Å². The lowest BCUT2D eigenvalue weighted by atomic mass is 9.85. The summed E-state index contributed by atoms with van der Waals surface area (Å²) in [5.74, 6) is 0.346. The van der Waals surface area contributed by atoms with E-state index < -0.39 is 35.3 Å². The number of amides is 2. The average Bonchev–Trinajstić information content (AvgIpc) is 3.55. The first kappa shape index (κ1) is 28.8. The second kappa shape index (κ2) is 11.1. The van der Waals surface area contributed by atoms with Gasteiger partial charge in [0, 0.05) is 31.3 Å². The van der Waals surface area contributed by atoms with Crippen LogP contribution in [0.15, 0.2) is 36.0 Å². The van der Waals surface area contributed by atoms with Gasteiger partial charge in [0.2, 0.25) is 5.91 Å². The van der Waals surface area contributed by atoms with E-state index in [1.54, 1.807) is 43.2 Å². The smallest absolute Gasteiger partial charge is 0.408 e. The molecule has 3 heterocycles. The number of H-pyrrole nitrogens is 1. The molecule has 9 nitrogen and oxygen atoms in total. The van der Waals surface area contributed by atoms with Crippen LogP contribution >= 0.6 is 11.3 Å². The molecule has 0 aliphatic carbocycles. The Morgan fingerprint density at radius 3 is 2.46 bits per heavy atom. The molecular formula is C29H39N5O4S. The lowest BCUT2D eigenvalue weighted by Crippen LogP contribution is -2.55. The van der Waals surface area contributed by atoms with Crippen molar-refractivity contribution in [3.63, 3.8) is 0 Å². The molecule has 2 aromatic heterocycles. The summed E-state index contributed by atoms with van der Waals surface area (Å²) in [7, 11) is 0.